The first-order valence-corrected chi connectivity index (χ1v) is 7.68. The van der Waals surface area contributed by atoms with Gasteiger partial charge in [-0.15, -0.1) is 0 Å². The average Bonchev–Trinajstić information content (AvgIpc) is 2.48. The number of nitrogens with one attached hydrogen (secondary N) is 1. The number of hydrogen-bond acceptors (Lipinski definition) is 2. The van der Waals surface area contributed by atoms with Crippen LogP contribution in [0.25, 0.3) is 10.8 Å². The van der Waals surface area contributed by atoms with Gasteiger partial charge >= 0.3 is 0 Å². The molecule has 2 heteroatoms. The summed E-state index contributed by atoms with van der Waals surface area (Å²) in [6.07, 6.45) is 5.26. The van der Waals surface area contributed by atoms with Crippen molar-refractivity contribution in [2.75, 3.05) is 0 Å². The third kappa shape index (κ3) is 2.66. The van der Waals surface area contributed by atoms with Gasteiger partial charge in [0.15, 0.2) is 0 Å². The number of phenolic OH excluding ortho intramolecular Hbond substituents is 1. The Labute approximate surface area is 120 Å². The molecule has 0 radical (unpaired) electrons. The van der Waals surface area contributed by atoms with Gasteiger partial charge in [0.25, 0.3) is 0 Å². The van der Waals surface area contributed by atoms with E-state index in [9.17, 15) is 5.11 Å². The van der Waals surface area contributed by atoms with E-state index in [1.54, 1.807) is 0 Å². The molecule has 2 unspecified atom stereocenters. The van der Waals surface area contributed by atoms with Gasteiger partial charge in [-0.3, -0.25) is 0 Å². The molecule has 3 rings (SSSR count). The third-order valence-corrected chi connectivity index (χ3v) is 4.67. The van der Waals surface area contributed by atoms with Crippen LogP contribution >= 0.6 is 0 Å². The fraction of sp³-hybridized carbons (Fsp3) is 0.444. The molecule has 2 nitrogen and oxygen atoms in total. The first-order valence-electron chi connectivity index (χ1n) is 7.68. The Hall–Kier alpha value is -1.54. The van der Waals surface area contributed by atoms with E-state index in [4.69, 9.17) is 0 Å². The topological polar surface area (TPSA) is 32.3 Å². The van der Waals surface area contributed by atoms with Crippen LogP contribution in [0, 0.1) is 5.92 Å². The van der Waals surface area contributed by atoms with Crippen molar-refractivity contribution in [2.45, 2.75) is 45.2 Å². The second-order valence-corrected chi connectivity index (χ2v) is 6.03. The summed E-state index contributed by atoms with van der Waals surface area (Å²) in [6.45, 7) is 3.09. The highest BCUT2D eigenvalue weighted by Gasteiger charge is 2.21. The van der Waals surface area contributed by atoms with Crippen molar-refractivity contribution in [3.05, 3.63) is 42.0 Å². The van der Waals surface area contributed by atoms with Crippen LogP contribution in [-0.4, -0.2) is 11.1 Å². The highest BCUT2D eigenvalue weighted by molar-refractivity contribution is 5.87. The van der Waals surface area contributed by atoms with Crippen molar-refractivity contribution in [3.8, 4) is 5.75 Å². The summed E-state index contributed by atoms with van der Waals surface area (Å²) in [5.74, 6) is 1.14. The molecule has 2 atom stereocenters. The predicted molar refractivity (Wildman–Crippen MR) is 83.9 cm³/mol. The zero-order chi connectivity index (χ0) is 13.9. The van der Waals surface area contributed by atoms with Gasteiger partial charge in [0, 0.05) is 18.2 Å². The molecule has 1 fully saturated rings. The SMILES string of the molecule is CC1CCCCC1NCc1c(O)ccc2ccccc12. The maximum atomic E-state index is 10.2. The van der Waals surface area contributed by atoms with Crippen LogP contribution in [0.2, 0.25) is 0 Å². The molecule has 0 spiro atoms. The molecule has 20 heavy (non-hydrogen) atoms. The van der Waals surface area contributed by atoms with Gasteiger partial charge in [-0.25, -0.2) is 0 Å². The van der Waals surface area contributed by atoms with E-state index in [0.717, 1.165) is 23.4 Å². The van der Waals surface area contributed by atoms with Gasteiger partial charge in [0.1, 0.15) is 5.75 Å². The quantitative estimate of drug-likeness (QED) is 0.874. The Morgan fingerprint density at radius 1 is 1.10 bits per heavy atom. The number of hydrogen-bond donors (Lipinski definition) is 2. The zero-order valence-corrected chi connectivity index (χ0v) is 12.1. The highest BCUT2D eigenvalue weighted by atomic mass is 16.3. The smallest absolute Gasteiger partial charge is 0.120 e. The largest absolute Gasteiger partial charge is 0.508 e. The van der Waals surface area contributed by atoms with E-state index in [-0.39, 0.29) is 0 Å². The molecule has 2 aromatic rings. The molecule has 2 N–H and O–H groups in total. The van der Waals surface area contributed by atoms with Gasteiger partial charge in [-0.2, -0.15) is 0 Å². The summed E-state index contributed by atoms with van der Waals surface area (Å²) in [5.41, 5.74) is 1.03. The van der Waals surface area contributed by atoms with Crippen LogP contribution in [0.5, 0.6) is 5.75 Å². The number of phenols is 1. The normalized spacial score (nSPS) is 23.1. The second kappa shape index (κ2) is 5.84. The van der Waals surface area contributed by atoms with Crippen LogP contribution < -0.4 is 5.32 Å². The number of benzene rings is 2. The van der Waals surface area contributed by atoms with Crippen molar-refractivity contribution >= 4 is 10.8 Å². The zero-order valence-electron chi connectivity index (χ0n) is 12.1. The molecule has 1 aliphatic rings. The minimum absolute atomic E-state index is 0.402. The number of aromatic hydroxyl groups is 1. The Morgan fingerprint density at radius 2 is 1.90 bits per heavy atom. The molecule has 0 bridgehead atoms. The summed E-state index contributed by atoms with van der Waals surface area (Å²) >= 11 is 0. The minimum Gasteiger partial charge on any atom is -0.508 e. The summed E-state index contributed by atoms with van der Waals surface area (Å²) in [5, 5.41) is 16.2. The summed E-state index contributed by atoms with van der Waals surface area (Å²) in [4.78, 5) is 0. The Morgan fingerprint density at radius 3 is 2.75 bits per heavy atom. The fourth-order valence-electron chi connectivity index (χ4n) is 3.36. The highest BCUT2D eigenvalue weighted by Crippen LogP contribution is 2.28. The van der Waals surface area contributed by atoms with Gasteiger partial charge < -0.3 is 10.4 Å². The van der Waals surface area contributed by atoms with E-state index in [0.29, 0.717) is 11.8 Å². The fourth-order valence-corrected chi connectivity index (χ4v) is 3.36. The van der Waals surface area contributed by atoms with Gasteiger partial charge in [0.05, 0.1) is 0 Å². The van der Waals surface area contributed by atoms with E-state index in [1.165, 1.54) is 31.1 Å². The molecular weight excluding hydrogens is 246 g/mol. The van der Waals surface area contributed by atoms with Gasteiger partial charge in [-0.05, 0) is 35.6 Å². The van der Waals surface area contributed by atoms with E-state index in [2.05, 4.69) is 24.4 Å². The first-order chi connectivity index (χ1) is 9.75. The monoisotopic (exact) mass is 269 g/mol. The van der Waals surface area contributed by atoms with E-state index in [1.807, 2.05) is 24.3 Å². The van der Waals surface area contributed by atoms with Crippen molar-refractivity contribution in [1.29, 1.82) is 0 Å². The van der Waals surface area contributed by atoms with Crippen molar-refractivity contribution in [2.24, 2.45) is 5.92 Å². The van der Waals surface area contributed by atoms with Crippen LogP contribution in [0.15, 0.2) is 36.4 Å². The molecule has 106 valence electrons. The summed E-state index contributed by atoms with van der Waals surface area (Å²) < 4.78 is 0. The lowest BCUT2D eigenvalue weighted by Gasteiger charge is -2.30. The maximum Gasteiger partial charge on any atom is 0.120 e. The van der Waals surface area contributed by atoms with Crippen molar-refractivity contribution in [3.63, 3.8) is 0 Å². The third-order valence-electron chi connectivity index (χ3n) is 4.67. The molecule has 0 aromatic heterocycles. The van der Waals surface area contributed by atoms with Gasteiger partial charge in [0.2, 0.25) is 0 Å². The minimum atomic E-state index is 0.402. The lowest BCUT2D eigenvalue weighted by Crippen LogP contribution is -2.36. The Kier molecular flexibility index (Phi) is 3.93. The molecule has 2 aromatic carbocycles. The van der Waals surface area contributed by atoms with Crippen LogP contribution in [-0.2, 0) is 6.54 Å². The van der Waals surface area contributed by atoms with E-state index >= 15 is 0 Å². The Bertz CT molecular complexity index is 593. The molecular formula is C18H23NO. The molecule has 0 amide bonds. The maximum absolute atomic E-state index is 10.2. The second-order valence-electron chi connectivity index (χ2n) is 6.03. The number of rotatable bonds is 3. The Balaban J connectivity index is 1.81. The summed E-state index contributed by atoms with van der Waals surface area (Å²) in [6, 6.07) is 12.6. The lowest BCUT2D eigenvalue weighted by atomic mass is 9.86. The van der Waals surface area contributed by atoms with Gasteiger partial charge in [-0.1, -0.05) is 50.1 Å². The summed E-state index contributed by atoms with van der Waals surface area (Å²) in [7, 11) is 0. The standard InChI is InChI=1S/C18H23NO/c1-13-6-2-5-9-17(13)19-12-16-15-8-4-3-7-14(15)10-11-18(16)20/h3-4,7-8,10-11,13,17,19-20H,2,5-6,9,12H2,1H3. The molecule has 1 saturated carbocycles. The lowest BCUT2D eigenvalue weighted by molar-refractivity contribution is 0.278. The average molecular weight is 269 g/mol. The van der Waals surface area contributed by atoms with E-state index < -0.39 is 0 Å². The van der Waals surface area contributed by atoms with Crippen molar-refractivity contribution < 1.29 is 5.11 Å². The molecule has 0 aliphatic heterocycles. The molecule has 0 saturated heterocycles. The van der Waals surface area contributed by atoms with Crippen LogP contribution in [0.3, 0.4) is 0 Å². The predicted octanol–water partition coefficient (Wildman–Crippen LogP) is 4.21. The van der Waals surface area contributed by atoms with Crippen LogP contribution in [0.4, 0.5) is 0 Å². The molecule has 1 aliphatic carbocycles. The number of fused-ring (bicyclic) bond motifs is 1. The first kappa shape index (κ1) is 13.4. The van der Waals surface area contributed by atoms with Crippen molar-refractivity contribution in [1.82, 2.24) is 5.32 Å². The van der Waals surface area contributed by atoms with Crippen LogP contribution in [0.1, 0.15) is 38.2 Å². The molecule has 0 heterocycles.